The van der Waals surface area contributed by atoms with Crippen LogP contribution in [-0.2, 0) is 0 Å². The van der Waals surface area contributed by atoms with Crippen molar-refractivity contribution in [2.24, 2.45) is 0 Å². The number of halogens is 1. The van der Waals surface area contributed by atoms with Gasteiger partial charge in [0.25, 0.3) is 0 Å². The number of hydrogen-bond donors (Lipinski definition) is 2. The van der Waals surface area contributed by atoms with Crippen molar-refractivity contribution >= 4 is 45.3 Å². The van der Waals surface area contributed by atoms with Crippen molar-refractivity contribution in [3.05, 3.63) is 51.6 Å². The van der Waals surface area contributed by atoms with E-state index in [-0.39, 0.29) is 12.1 Å². The Hall–Kier alpha value is -2.09. The summed E-state index contributed by atoms with van der Waals surface area (Å²) in [6, 6.07) is 13.8. The van der Waals surface area contributed by atoms with Crippen molar-refractivity contribution in [1.82, 2.24) is 9.97 Å². The predicted molar refractivity (Wildman–Crippen MR) is 96.6 cm³/mol. The SMILES string of the molecule is CC(Oc1cccc2nc(N)nc(N)c12)c1cccc(I)c1. The van der Waals surface area contributed by atoms with Gasteiger partial charge in [0.15, 0.2) is 0 Å². The Morgan fingerprint density at radius 1 is 1.09 bits per heavy atom. The van der Waals surface area contributed by atoms with Crippen LogP contribution in [0.5, 0.6) is 5.75 Å². The maximum Gasteiger partial charge on any atom is 0.222 e. The molecule has 4 N–H and O–H groups in total. The molecule has 3 aromatic rings. The number of hydrogen-bond acceptors (Lipinski definition) is 5. The zero-order valence-corrected chi connectivity index (χ0v) is 14.1. The molecule has 0 aliphatic heterocycles. The van der Waals surface area contributed by atoms with Crippen LogP contribution in [0.4, 0.5) is 11.8 Å². The summed E-state index contributed by atoms with van der Waals surface area (Å²) in [6.07, 6.45) is -0.114. The molecule has 1 unspecified atom stereocenters. The van der Waals surface area contributed by atoms with Gasteiger partial charge in [-0.2, -0.15) is 4.98 Å². The largest absolute Gasteiger partial charge is 0.485 e. The highest BCUT2D eigenvalue weighted by Crippen LogP contribution is 2.32. The summed E-state index contributed by atoms with van der Waals surface area (Å²) in [7, 11) is 0. The Bertz CT molecular complexity index is 837. The molecule has 0 amide bonds. The van der Waals surface area contributed by atoms with Gasteiger partial charge in [0.1, 0.15) is 17.7 Å². The summed E-state index contributed by atoms with van der Waals surface area (Å²) in [4.78, 5) is 8.22. The van der Waals surface area contributed by atoms with E-state index in [0.29, 0.717) is 22.5 Å². The fourth-order valence-corrected chi connectivity index (χ4v) is 2.88. The molecule has 0 spiro atoms. The molecule has 0 saturated carbocycles. The molecule has 3 rings (SSSR count). The fourth-order valence-electron chi connectivity index (χ4n) is 2.31. The van der Waals surface area contributed by atoms with E-state index >= 15 is 0 Å². The molecule has 0 aliphatic rings. The third kappa shape index (κ3) is 2.92. The molecule has 0 fully saturated rings. The zero-order chi connectivity index (χ0) is 15.7. The number of nitrogens with zero attached hydrogens (tertiary/aromatic N) is 2. The minimum atomic E-state index is -0.114. The molecule has 1 heterocycles. The standard InChI is InChI=1S/C16H15IN4O/c1-9(10-4-2-5-11(17)8-10)22-13-7-3-6-12-14(13)15(18)21-16(19)20-12/h2-9H,1H3,(H4,18,19,20,21). The van der Waals surface area contributed by atoms with Crippen molar-refractivity contribution in [3.8, 4) is 5.75 Å². The molecule has 112 valence electrons. The van der Waals surface area contributed by atoms with Gasteiger partial charge in [0, 0.05) is 3.57 Å². The first-order valence-corrected chi connectivity index (χ1v) is 7.86. The van der Waals surface area contributed by atoms with E-state index in [2.05, 4.69) is 38.6 Å². The van der Waals surface area contributed by atoms with E-state index in [1.807, 2.05) is 43.3 Å². The topological polar surface area (TPSA) is 87.0 Å². The number of benzene rings is 2. The van der Waals surface area contributed by atoms with E-state index in [1.54, 1.807) is 0 Å². The quantitative estimate of drug-likeness (QED) is 0.650. The van der Waals surface area contributed by atoms with Gasteiger partial charge in [0.2, 0.25) is 5.95 Å². The van der Waals surface area contributed by atoms with Crippen LogP contribution in [0.3, 0.4) is 0 Å². The zero-order valence-electron chi connectivity index (χ0n) is 12.0. The Kier molecular flexibility index (Phi) is 4.02. The van der Waals surface area contributed by atoms with Gasteiger partial charge in [0.05, 0.1) is 10.9 Å². The summed E-state index contributed by atoms with van der Waals surface area (Å²) in [5, 5.41) is 0.689. The number of ether oxygens (including phenoxy) is 1. The van der Waals surface area contributed by atoms with E-state index in [1.165, 1.54) is 3.57 Å². The first kappa shape index (κ1) is 14.8. The van der Waals surface area contributed by atoms with Gasteiger partial charge < -0.3 is 16.2 Å². The van der Waals surface area contributed by atoms with Crippen molar-refractivity contribution in [2.45, 2.75) is 13.0 Å². The van der Waals surface area contributed by atoms with Crippen molar-refractivity contribution in [3.63, 3.8) is 0 Å². The van der Waals surface area contributed by atoms with Crippen LogP contribution in [-0.4, -0.2) is 9.97 Å². The molecule has 6 heteroatoms. The van der Waals surface area contributed by atoms with Crippen molar-refractivity contribution < 1.29 is 4.74 Å². The number of nitrogen functional groups attached to an aromatic ring is 2. The van der Waals surface area contributed by atoms with Gasteiger partial charge in [-0.05, 0) is 59.3 Å². The first-order valence-electron chi connectivity index (χ1n) is 6.78. The number of fused-ring (bicyclic) bond motifs is 1. The Balaban J connectivity index is 2.00. The van der Waals surface area contributed by atoms with E-state index < -0.39 is 0 Å². The van der Waals surface area contributed by atoms with Crippen LogP contribution >= 0.6 is 22.6 Å². The molecule has 0 aliphatic carbocycles. The summed E-state index contributed by atoms with van der Waals surface area (Å²) < 4.78 is 7.25. The smallest absolute Gasteiger partial charge is 0.222 e. The van der Waals surface area contributed by atoms with Crippen LogP contribution in [0.1, 0.15) is 18.6 Å². The highest BCUT2D eigenvalue weighted by Gasteiger charge is 2.13. The van der Waals surface area contributed by atoms with Crippen LogP contribution in [0.25, 0.3) is 10.9 Å². The average molecular weight is 406 g/mol. The van der Waals surface area contributed by atoms with Crippen LogP contribution in [0, 0.1) is 3.57 Å². The number of rotatable bonds is 3. The molecule has 1 atom stereocenters. The molecule has 0 bridgehead atoms. The molecule has 0 saturated heterocycles. The summed E-state index contributed by atoms with van der Waals surface area (Å²) in [5.41, 5.74) is 13.4. The lowest BCUT2D eigenvalue weighted by Gasteiger charge is -2.17. The molecule has 1 aromatic heterocycles. The Labute approximate surface area is 141 Å². The highest BCUT2D eigenvalue weighted by molar-refractivity contribution is 14.1. The lowest BCUT2D eigenvalue weighted by Crippen LogP contribution is -2.06. The third-order valence-electron chi connectivity index (χ3n) is 3.35. The maximum atomic E-state index is 6.09. The van der Waals surface area contributed by atoms with Crippen molar-refractivity contribution in [2.75, 3.05) is 11.5 Å². The van der Waals surface area contributed by atoms with Crippen LogP contribution < -0.4 is 16.2 Å². The minimum Gasteiger partial charge on any atom is -0.485 e. The number of anilines is 2. The molecule has 2 aromatic carbocycles. The second kappa shape index (κ2) is 5.96. The van der Waals surface area contributed by atoms with Crippen LogP contribution in [0.15, 0.2) is 42.5 Å². The van der Waals surface area contributed by atoms with Gasteiger partial charge >= 0.3 is 0 Å². The summed E-state index contributed by atoms with van der Waals surface area (Å²) in [6.45, 7) is 2.00. The minimum absolute atomic E-state index is 0.114. The monoisotopic (exact) mass is 406 g/mol. The predicted octanol–water partition coefficient (Wildman–Crippen LogP) is 3.54. The van der Waals surface area contributed by atoms with Gasteiger partial charge in [-0.3, -0.25) is 0 Å². The maximum absolute atomic E-state index is 6.09. The Morgan fingerprint density at radius 3 is 2.64 bits per heavy atom. The van der Waals surface area contributed by atoms with Gasteiger partial charge in [-0.15, -0.1) is 0 Å². The van der Waals surface area contributed by atoms with E-state index in [9.17, 15) is 0 Å². The van der Waals surface area contributed by atoms with Gasteiger partial charge in [-0.25, -0.2) is 4.98 Å². The molecule has 22 heavy (non-hydrogen) atoms. The average Bonchev–Trinajstić information content (AvgIpc) is 2.46. The second-order valence-corrected chi connectivity index (χ2v) is 6.18. The molecular formula is C16H15IN4O. The number of aromatic nitrogens is 2. The fraction of sp³-hybridized carbons (Fsp3) is 0.125. The molecular weight excluding hydrogens is 391 g/mol. The molecule has 0 radical (unpaired) electrons. The lowest BCUT2D eigenvalue weighted by atomic mass is 10.1. The second-order valence-electron chi connectivity index (χ2n) is 4.93. The van der Waals surface area contributed by atoms with E-state index in [4.69, 9.17) is 16.2 Å². The van der Waals surface area contributed by atoms with E-state index in [0.717, 1.165) is 5.56 Å². The normalized spacial score (nSPS) is 12.3. The van der Waals surface area contributed by atoms with Crippen LogP contribution in [0.2, 0.25) is 0 Å². The Morgan fingerprint density at radius 2 is 1.86 bits per heavy atom. The number of nitrogens with two attached hydrogens (primary N) is 2. The first-order chi connectivity index (χ1) is 10.5. The third-order valence-corrected chi connectivity index (χ3v) is 4.02. The summed E-state index contributed by atoms with van der Waals surface area (Å²) >= 11 is 2.28. The van der Waals surface area contributed by atoms with Crippen molar-refractivity contribution in [1.29, 1.82) is 0 Å². The van der Waals surface area contributed by atoms with Gasteiger partial charge in [-0.1, -0.05) is 18.2 Å². The molecule has 5 nitrogen and oxygen atoms in total. The lowest BCUT2D eigenvalue weighted by molar-refractivity contribution is 0.230. The summed E-state index contributed by atoms with van der Waals surface area (Å²) in [5.74, 6) is 1.14. The highest BCUT2D eigenvalue weighted by atomic mass is 127.